The van der Waals surface area contributed by atoms with Crippen molar-refractivity contribution in [1.29, 1.82) is 0 Å². The predicted octanol–water partition coefficient (Wildman–Crippen LogP) is 3.41. The zero-order chi connectivity index (χ0) is 18.3. The van der Waals surface area contributed by atoms with Gasteiger partial charge in [-0.25, -0.2) is 9.78 Å². The summed E-state index contributed by atoms with van der Waals surface area (Å²) >= 11 is 0. The van der Waals surface area contributed by atoms with Crippen LogP contribution in [-0.4, -0.2) is 15.4 Å². The van der Waals surface area contributed by atoms with Gasteiger partial charge in [0, 0.05) is 23.2 Å². The van der Waals surface area contributed by atoms with Crippen LogP contribution in [0, 0.1) is 13.8 Å². The maximum atomic E-state index is 12.4. The number of para-hydroxylation sites is 1. The third-order valence-electron chi connectivity index (χ3n) is 4.24. The number of fused-ring (bicyclic) bond motifs is 2. The number of pyridine rings is 1. The quantitative estimate of drug-likeness (QED) is 0.531. The van der Waals surface area contributed by atoms with Crippen molar-refractivity contribution in [2.45, 2.75) is 20.5 Å². The topological polar surface area (TPSA) is 73.8 Å². The average molecular weight is 348 g/mol. The molecule has 0 aliphatic carbocycles. The summed E-state index contributed by atoms with van der Waals surface area (Å²) in [5.41, 5.74) is 3.00. The van der Waals surface area contributed by atoms with Crippen molar-refractivity contribution < 1.29 is 13.9 Å². The van der Waals surface area contributed by atoms with Gasteiger partial charge >= 0.3 is 5.97 Å². The molecule has 130 valence electrons. The maximum absolute atomic E-state index is 12.4. The van der Waals surface area contributed by atoms with Gasteiger partial charge in [0.1, 0.15) is 17.8 Å². The van der Waals surface area contributed by atoms with Gasteiger partial charge < -0.3 is 9.15 Å². The summed E-state index contributed by atoms with van der Waals surface area (Å²) in [4.78, 5) is 28.9. The van der Waals surface area contributed by atoms with Crippen LogP contribution in [0.1, 0.15) is 27.4 Å². The van der Waals surface area contributed by atoms with Gasteiger partial charge in [0.25, 0.3) is 5.56 Å². The first-order chi connectivity index (χ1) is 12.5. The third-order valence-corrected chi connectivity index (χ3v) is 4.24. The lowest BCUT2D eigenvalue weighted by molar-refractivity contribution is 0.0432. The highest BCUT2D eigenvalue weighted by atomic mass is 16.5. The molecule has 0 aliphatic rings. The van der Waals surface area contributed by atoms with Crippen LogP contribution >= 0.6 is 0 Å². The molecule has 3 aromatic heterocycles. The van der Waals surface area contributed by atoms with Crippen LogP contribution in [0.15, 0.2) is 57.9 Å². The van der Waals surface area contributed by atoms with E-state index in [-0.39, 0.29) is 17.9 Å². The normalized spacial score (nSPS) is 11.2. The summed E-state index contributed by atoms with van der Waals surface area (Å²) in [7, 11) is 0. The van der Waals surface area contributed by atoms with Crippen LogP contribution in [0.4, 0.5) is 0 Å². The van der Waals surface area contributed by atoms with Crippen molar-refractivity contribution in [3.63, 3.8) is 0 Å². The second-order valence-corrected chi connectivity index (χ2v) is 6.15. The Morgan fingerprint density at radius 2 is 2.00 bits per heavy atom. The number of rotatable bonds is 3. The third kappa shape index (κ3) is 2.75. The standard InChI is InChI=1S/C20H16N2O4/c1-12-7-8-17-21-14(9-18(23)22(17)10-12)11-25-20(24)19-13(2)15-5-3-4-6-16(15)26-19/h3-10H,11H2,1-2H3. The number of ether oxygens (including phenoxy) is 1. The number of hydrogen-bond acceptors (Lipinski definition) is 5. The molecule has 26 heavy (non-hydrogen) atoms. The van der Waals surface area contributed by atoms with E-state index in [0.717, 1.165) is 16.5 Å². The molecule has 0 N–H and O–H groups in total. The molecule has 0 unspecified atom stereocenters. The van der Waals surface area contributed by atoms with Gasteiger partial charge in [-0.2, -0.15) is 0 Å². The molecule has 4 rings (SSSR count). The Labute approximate surface area is 148 Å². The van der Waals surface area contributed by atoms with E-state index in [9.17, 15) is 9.59 Å². The van der Waals surface area contributed by atoms with Crippen molar-refractivity contribution in [3.05, 3.63) is 81.6 Å². The van der Waals surface area contributed by atoms with Crippen LogP contribution in [0.25, 0.3) is 16.6 Å². The summed E-state index contributed by atoms with van der Waals surface area (Å²) in [5, 5.41) is 0.872. The van der Waals surface area contributed by atoms with Crippen molar-refractivity contribution in [2.24, 2.45) is 0 Å². The Morgan fingerprint density at radius 1 is 1.19 bits per heavy atom. The molecule has 0 atom stereocenters. The predicted molar refractivity (Wildman–Crippen MR) is 96.3 cm³/mol. The van der Waals surface area contributed by atoms with E-state index in [1.807, 2.05) is 38.1 Å². The van der Waals surface area contributed by atoms with E-state index < -0.39 is 5.97 Å². The Balaban J connectivity index is 1.59. The van der Waals surface area contributed by atoms with Gasteiger partial charge in [-0.3, -0.25) is 9.20 Å². The monoisotopic (exact) mass is 348 g/mol. The Kier molecular flexibility index (Phi) is 3.80. The van der Waals surface area contributed by atoms with E-state index in [2.05, 4.69) is 4.98 Å². The van der Waals surface area contributed by atoms with Crippen LogP contribution < -0.4 is 5.56 Å². The van der Waals surface area contributed by atoms with Gasteiger partial charge in [-0.1, -0.05) is 24.3 Å². The van der Waals surface area contributed by atoms with E-state index in [0.29, 0.717) is 16.9 Å². The molecule has 0 amide bonds. The van der Waals surface area contributed by atoms with Crippen LogP contribution in [0.5, 0.6) is 0 Å². The summed E-state index contributed by atoms with van der Waals surface area (Å²) < 4.78 is 12.4. The van der Waals surface area contributed by atoms with Gasteiger partial charge in [-0.05, 0) is 31.5 Å². The van der Waals surface area contributed by atoms with Crippen molar-refractivity contribution in [2.75, 3.05) is 0 Å². The summed E-state index contributed by atoms with van der Waals surface area (Å²) in [6.07, 6.45) is 1.72. The zero-order valence-electron chi connectivity index (χ0n) is 14.4. The molecule has 0 spiro atoms. The smallest absolute Gasteiger partial charge is 0.374 e. The Bertz CT molecular complexity index is 1200. The number of nitrogens with zero attached hydrogens (tertiary/aromatic N) is 2. The molecular formula is C20H16N2O4. The van der Waals surface area contributed by atoms with Gasteiger partial charge in [0.15, 0.2) is 0 Å². The highest BCUT2D eigenvalue weighted by molar-refractivity contribution is 5.95. The SMILES string of the molecule is Cc1ccc2nc(COC(=O)c3oc4ccccc4c3C)cc(=O)n2c1. The Morgan fingerprint density at radius 3 is 2.81 bits per heavy atom. The second-order valence-electron chi connectivity index (χ2n) is 6.15. The number of benzene rings is 1. The minimum absolute atomic E-state index is 0.102. The summed E-state index contributed by atoms with van der Waals surface area (Å²) in [5.74, 6) is -0.413. The highest BCUT2D eigenvalue weighted by Gasteiger charge is 2.19. The molecule has 4 aromatic rings. The Hall–Kier alpha value is -3.41. The number of aromatic nitrogens is 2. The van der Waals surface area contributed by atoms with E-state index in [4.69, 9.17) is 9.15 Å². The molecule has 0 aliphatic heterocycles. The van der Waals surface area contributed by atoms with E-state index in [1.54, 1.807) is 18.3 Å². The number of carbonyl (C=O) groups excluding carboxylic acids is 1. The largest absolute Gasteiger partial charge is 0.453 e. The maximum Gasteiger partial charge on any atom is 0.374 e. The van der Waals surface area contributed by atoms with Crippen LogP contribution in [0.3, 0.4) is 0 Å². The van der Waals surface area contributed by atoms with Crippen molar-refractivity contribution in [3.8, 4) is 0 Å². The number of aryl methyl sites for hydroxylation is 2. The number of hydrogen-bond donors (Lipinski definition) is 0. The molecule has 0 saturated heterocycles. The molecule has 6 nitrogen and oxygen atoms in total. The lowest BCUT2D eigenvalue weighted by Crippen LogP contribution is -2.17. The lowest BCUT2D eigenvalue weighted by atomic mass is 10.1. The first kappa shape index (κ1) is 16.1. The number of furan rings is 1. The fourth-order valence-electron chi connectivity index (χ4n) is 2.91. The fourth-order valence-corrected chi connectivity index (χ4v) is 2.91. The average Bonchev–Trinajstić information content (AvgIpc) is 2.97. The summed E-state index contributed by atoms with van der Waals surface area (Å²) in [6.45, 7) is 3.61. The molecule has 1 aromatic carbocycles. The lowest BCUT2D eigenvalue weighted by Gasteiger charge is -2.06. The fraction of sp³-hybridized carbons (Fsp3) is 0.150. The van der Waals surface area contributed by atoms with Crippen LogP contribution in [0.2, 0.25) is 0 Å². The minimum atomic E-state index is -0.579. The van der Waals surface area contributed by atoms with Crippen molar-refractivity contribution in [1.82, 2.24) is 9.38 Å². The zero-order valence-corrected chi connectivity index (χ0v) is 14.4. The van der Waals surface area contributed by atoms with Gasteiger partial charge in [0.05, 0.1) is 5.69 Å². The second kappa shape index (κ2) is 6.15. The van der Waals surface area contributed by atoms with Crippen molar-refractivity contribution >= 4 is 22.6 Å². The number of esters is 1. The minimum Gasteiger partial charge on any atom is -0.453 e. The molecular weight excluding hydrogens is 332 g/mol. The van der Waals surface area contributed by atoms with Gasteiger partial charge in [0.2, 0.25) is 5.76 Å². The molecule has 0 radical (unpaired) electrons. The summed E-state index contributed by atoms with van der Waals surface area (Å²) in [6, 6.07) is 12.4. The van der Waals surface area contributed by atoms with E-state index in [1.165, 1.54) is 10.5 Å². The highest BCUT2D eigenvalue weighted by Crippen LogP contribution is 2.25. The number of carbonyl (C=O) groups is 1. The molecule has 6 heteroatoms. The molecule has 0 fully saturated rings. The first-order valence-electron chi connectivity index (χ1n) is 8.17. The molecule has 0 saturated carbocycles. The first-order valence-corrected chi connectivity index (χ1v) is 8.17. The van der Waals surface area contributed by atoms with Crippen LogP contribution in [-0.2, 0) is 11.3 Å². The van der Waals surface area contributed by atoms with E-state index >= 15 is 0 Å². The molecule has 0 bridgehead atoms. The molecule has 3 heterocycles. The van der Waals surface area contributed by atoms with Gasteiger partial charge in [-0.15, -0.1) is 0 Å².